The quantitative estimate of drug-likeness (QED) is 0.813. The van der Waals surface area contributed by atoms with E-state index in [1.807, 2.05) is 0 Å². The van der Waals surface area contributed by atoms with Crippen molar-refractivity contribution in [2.24, 2.45) is 0 Å². The zero-order valence-electron chi connectivity index (χ0n) is 10.6. The number of aliphatic hydroxyl groups is 1. The molecule has 0 aliphatic carbocycles. The van der Waals surface area contributed by atoms with E-state index < -0.39 is 40.8 Å². The first-order valence-electron chi connectivity index (χ1n) is 6.05. The van der Waals surface area contributed by atoms with Crippen molar-refractivity contribution in [1.82, 2.24) is 14.8 Å². The van der Waals surface area contributed by atoms with E-state index in [1.165, 1.54) is 11.0 Å². The number of nitrogens with zero attached hydrogens (tertiary/aromatic N) is 3. The Balaban J connectivity index is 1.97. The molecule has 1 N–H and O–H groups in total. The molecule has 1 atom stereocenters. The van der Waals surface area contributed by atoms with Crippen molar-refractivity contribution < 1.29 is 27.0 Å². The topological polar surface area (TPSA) is 94.3 Å². The Hall–Kier alpha value is -1.13. The molecule has 1 aliphatic rings. The van der Waals surface area contributed by atoms with Gasteiger partial charge in [-0.3, -0.25) is 0 Å². The van der Waals surface area contributed by atoms with Crippen LogP contribution >= 0.6 is 0 Å². The second-order valence-corrected chi connectivity index (χ2v) is 6.62. The maximum Gasteiger partial charge on any atom is 0.271 e. The summed E-state index contributed by atoms with van der Waals surface area (Å²) in [5, 5.41) is 12.0. The number of ether oxygens (including phenoxy) is 1. The van der Waals surface area contributed by atoms with Gasteiger partial charge in [-0.25, -0.2) is 26.9 Å². The molecule has 2 heterocycles. The third-order valence-corrected chi connectivity index (χ3v) is 4.37. The molecular weight excluding hydrogens is 296 g/mol. The lowest BCUT2D eigenvalue weighted by Gasteiger charge is -2.28. The summed E-state index contributed by atoms with van der Waals surface area (Å²) >= 11 is 0. The summed E-state index contributed by atoms with van der Waals surface area (Å²) < 4.78 is 55.2. The minimum Gasteiger partial charge on any atom is -0.395 e. The number of rotatable bonds is 5. The highest BCUT2D eigenvalue weighted by molar-refractivity contribution is 7.91. The lowest BCUT2D eigenvalue weighted by molar-refractivity contribution is -0.147. The maximum absolute atomic E-state index is 12.9. The predicted octanol–water partition coefficient (Wildman–Crippen LogP) is -0.142. The van der Waals surface area contributed by atoms with Gasteiger partial charge in [-0.05, 0) is 6.42 Å². The van der Waals surface area contributed by atoms with Crippen LogP contribution < -0.4 is 0 Å². The first-order chi connectivity index (χ1) is 9.32. The van der Waals surface area contributed by atoms with Crippen LogP contribution in [-0.4, -0.2) is 59.3 Å². The Morgan fingerprint density at radius 2 is 2.30 bits per heavy atom. The predicted molar refractivity (Wildman–Crippen MR) is 63.1 cm³/mol. The van der Waals surface area contributed by atoms with Crippen LogP contribution in [0.3, 0.4) is 0 Å². The van der Waals surface area contributed by atoms with Crippen LogP contribution in [0.5, 0.6) is 0 Å². The normalized spacial score (nSPS) is 22.9. The lowest BCUT2D eigenvalue weighted by Crippen LogP contribution is -2.36. The van der Waals surface area contributed by atoms with E-state index in [0.29, 0.717) is 0 Å². The second kappa shape index (κ2) is 5.70. The van der Waals surface area contributed by atoms with Crippen molar-refractivity contribution in [3.8, 4) is 0 Å². The number of alkyl halides is 2. The van der Waals surface area contributed by atoms with Gasteiger partial charge in [0.2, 0.25) is 9.84 Å². The maximum atomic E-state index is 12.9. The molecule has 0 amide bonds. The van der Waals surface area contributed by atoms with Gasteiger partial charge in [0.15, 0.2) is 0 Å². The van der Waals surface area contributed by atoms with E-state index in [1.54, 1.807) is 0 Å². The van der Waals surface area contributed by atoms with E-state index >= 15 is 0 Å². The van der Waals surface area contributed by atoms with E-state index in [9.17, 15) is 17.2 Å². The SMILES string of the molecule is O=S(=O)(CCO)c1ncn(CC2CCC(F)(F)CO2)n1. The lowest BCUT2D eigenvalue weighted by atomic mass is 10.1. The number of aliphatic hydroxyl groups excluding tert-OH is 1. The molecule has 1 aromatic heterocycles. The molecule has 0 saturated carbocycles. The van der Waals surface area contributed by atoms with Gasteiger partial charge < -0.3 is 9.84 Å². The summed E-state index contributed by atoms with van der Waals surface area (Å²) in [7, 11) is -3.70. The summed E-state index contributed by atoms with van der Waals surface area (Å²) in [6.45, 7) is -0.989. The zero-order valence-corrected chi connectivity index (χ0v) is 11.4. The molecule has 7 nitrogen and oxygen atoms in total. The summed E-state index contributed by atoms with van der Waals surface area (Å²) in [6.07, 6.45) is 0.679. The fourth-order valence-electron chi connectivity index (χ4n) is 1.84. The first kappa shape index (κ1) is 15.3. The first-order valence-corrected chi connectivity index (χ1v) is 7.70. The van der Waals surface area contributed by atoms with Crippen molar-refractivity contribution in [2.75, 3.05) is 19.0 Å². The Bertz CT molecular complexity index is 551. The molecular formula is C10H15F2N3O4S. The van der Waals surface area contributed by atoms with Gasteiger partial charge in [-0.15, -0.1) is 5.10 Å². The summed E-state index contributed by atoms with van der Waals surface area (Å²) in [6, 6.07) is 0. The van der Waals surface area contributed by atoms with Crippen LogP contribution in [0.4, 0.5) is 8.78 Å². The molecule has 1 aromatic rings. The van der Waals surface area contributed by atoms with Crippen molar-refractivity contribution in [2.45, 2.75) is 36.6 Å². The van der Waals surface area contributed by atoms with E-state index in [2.05, 4.69) is 10.1 Å². The van der Waals surface area contributed by atoms with Gasteiger partial charge in [-0.1, -0.05) is 0 Å². The smallest absolute Gasteiger partial charge is 0.271 e. The third kappa shape index (κ3) is 3.70. The van der Waals surface area contributed by atoms with E-state index in [0.717, 1.165) is 0 Å². The Labute approximate surface area is 114 Å². The highest BCUT2D eigenvalue weighted by atomic mass is 32.2. The molecule has 0 aromatic carbocycles. The number of sulfone groups is 1. The van der Waals surface area contributed by atoms with Crippen molar-refractivity contribution in [1.29, 1.82) is 0 Å². The van der Waals surface area contributed by atoms with Crippen molar-refractivity contribution in [3.05, 3.63) is 6.33 Å². The monoisotopic (exact) mass is 311 g/mol. The second-order valence-electron chi connectivity index (χ2n) is 4.62. The van der Waals surface area contributed by atoms with Gasteiger partial charge in [0.25, 0.3) is 11.1 Å². The molecule has 0 radical (unpaired) electrons. The van der Waals surface area contributed by atoms with Crippen LogP contribution in [0, 0.1) is 0 Å². The summed E-state index contributed by atoms with van der Waals surface area (Å²) in [4.78, 5) is 3.65. The van der Waals surface area contributed by atoms with Crippen molar-refractivity contribution in [3.63, 3.8) is 0 Å². The number of halogens is 2. The molecule has 0 bridgehead atoms. The van der Waals surface area contributed by atoms with E-state index in [-0.39, 0.29) is 24.5 Å². The fraction of sp³-hybridized carbons (Fsp3) is 0.800. The van der Waals surface area contributed by atoms with Gasteiger partial charge in [0.1, 0.15) is 12.9 Å². The van der Waals surface area contributed by atoms with Gasteiger partial charge in [-0.2, -0.15) is 0 Å². The molecule has 2 rings (SSSR count). The minimum atomic E-state index is -3.70. The highest BCUT2D eigenvalue weighted by Crippen LogP contribution is 2.28. The average Bonchev–Trinajstić information content (AvgIpc) is 2.81. The third-order valence-electron chi connectivity index (χ3n) is 2.91. The van der Waals surface area contributed by atoms with Gasteiger partial charge in [0, 0.05) is 6.42 Å². The number of aromatic nitrogens is 3. The summed E-state index contributed by atoms with van der Waals surface area (Å²) in [5.41, 5.74) is 0. The van der Waals surface area contributed by atoms with Gasteiger partial charge in [0.05, 0.1) is 25.0 Å². The van der Waals surface area contributed by atoms with Crippen LogP contribution in [0.25, 0.3) is 0 Å². The molecule has 0 spiro atoms. The Kier molecular flexibility index (Phi) is 4.35. The molecule has 1 saturated heterocycles. The Morgan fingerprint density at radius 1 is 1.55 bits per heavy atom. The molecule has 114 valence electrons. The number of hydrogen-bond acceptors (Lipinski definition) is 6. The molecule has 10 heteroatoms. The van der Waals surface area contributed by atoms with Crippen LogP contribution in [-0.2, 0) is 21.1 Å². The zero-order chi connectivity index (χ0) is 14.8. The van der Waals surface area contributed by atoms with Gasteiger partial charge >= 0.3 is 0 Å². The molecule has 1 fully saturated rings. The molecule has 1 unspecified atom stereocenters. The highest BCUT2D eigenvalue weighted by Gasteiger charge is 2.36. The minimum absolute atomic E-state index is 0.164. The van der Waals surface area contributed by atoms with Crippen LogP contribution in [0.15, 0.2) is 11.5 Å². The average molecular weight is 311 g/mol. The van der Waals surface area contributed by atoms with E-state index in [4.69, 9.17) is 9.84 Å². The fourth-order valence-corrected chi connectivity index (χ4v) is 2.70. The Morgan fingerprint density at radius 3 is 2.90 bits per heavy atom. The molecule has 1 aliphatic heterocycles. The van der Waals surface area contributed by atoms with Crippen LogP contribution in [0.1, 0.15) is 12.8 Å². The van der Waals surface area contributed by atoms with Crippen LogP contribution in [0.2, 0.25) is 0 Å². The largest absolute Gasteiger partial charge is 0.395 e. The van der Waals surface area contributed by atoms with Crippen molar-refractivity contribution >= 4 is 9.84 Å². The molecule has 20 heavy (non-hydrogen) atoms. The summed E-state index contributed by atoms with van der Waals surface area (Å²) in [5.74, 6) is -3.25. The standard InChI is InChI=1S/C10H15F2N3O4S/c11-10(12)2-1-8(19-6-10)5-15-7-13-9(14-15)20(17,18)4-3-16/h7-8,16H,1-6H2. The number of hydrogen-bond donors (Lipinski definition) is 1.